The fourth-order valence-corrected chi connectivity index (χ4v) is 3.10. The third kappa shape index (κ3) is 12.1. The van der Waals surface area contributed by atoms with Crippen molar-refractivity contribution < 1.29 is 24.3 Å². The second-order valence-electron chi connectivity index (χ2n) is 8.06. The van der Waals surface area contributed by atoms with E-state index in [9.17, 15) is 24.3 Å². The number of carbonyl (C=O) groups is 4. The largest absolute Gasteiger partial charge is 0.364 e. The molecule has 4 N–H and O–H groups in total. The van der Waals surface area contributed by atoms with Crippen molar-refractivity contribution in [1.82, 2.24) is 16.0 Å². The first-order valence-corrected chi connectivity index (χ1v) is 11.2. The Labute approximate surface area is 184 Å². The summed E-state index contributed by atoms with van der Waals surface area (Å²) in [5, 5.41) is 16.5. The molecule has 0 aliphatic heterocycles. The monoisotopic (exact) mass is 447 g/mol. The molecule has 0 rings (SSSR count). The van der Waals surface area contributed by atoms with Gasteiger partial charge >= 0.3 is 0 Å². The molecule has 174 valence electrons. The van der Waals surface area contributed by atoms with Gasteiger partial charge in [0.25, 0.3) is 5.24 Å². The van der Waals surface area contributed by atoms with Gasteiger partial charge in [0, 0.05) is 26.3 Å². The quantitative estimate of drug-likeness (QED) is 0.164. The van der Waals surface area contributed by atoms with Crippen LogP contribution in [0.5, 0.6) is 0 Å². The SMILES string of the molecule is CCCCCCCCC(=O)N[C@@H](CC(C)C)C(=O)NC(O)(CCC(=O)NC)C(=O)Cl. The summed E-state index contributed by atoms with van der Waals surface area (Å²) in [5.74, 6) is -1.29. The van der Waals surface area contributed by atoms with E-state index < -0.39 is 28.8 Å². The van der Waals surface area contributed by atoms with E-state index in [1.165, 1.54) is 13.5 Å². The number of hydrogen-bond donors (Lipinski definition) is 4. The van der Waals surface area contributed by atoms with Gasteiger partial charge in [-0.05, 0) is 30.4 Å². The number of aliphatic hydroxyl groups is 1. The van der Waals surface area contributed by atoms with Crippen molar-refractivity contribution in [2.24, 2.45) is 5.92 Å². The fraction of sp³-hybridized carbons (Fsp3) is 0.810. The second-order valence-corrected chi connectivity index (χ2v) is 8.41. The van der Waals surface area contributed by atoms with Gasteiger partial charge in [-0.3, -0.25) is 19.2 Å². The lowest BCUT2D eigenvalue weighted by molar-refractivity contribution is -0.145. The molecule has 0 aromatic heterocycles. The summed E-state index contributed by atoms with van der Waals surface area (Å²) < 4.78 is 0. The Morgan fingerprint density at radius 2 is 1.57 bits per heavy atom. The van der Waals surface area contributed by atoms with Crippen LogP contribution in [0.1, 0.15) is 85.0 Å². The highest BCUT2D eigenvalue weighted by Crippen LogP contribution is 2.16. The minimum atomic E-state index is -2.38. The first-order valence-electron chi connectivity index (χ1n) is 10.8. The van der Waals surface area contributed by atoms with Gasteiger partial charge in [-0.1, -0.05) is 52.9 Å². The minimum Gasteiger partial charge on any atom is -0.364 e. The fourth-order valence-electron chi connectivity index (χ4n) is 2.96. The van der Waals surface area contributed by atoms with E-state index in [-0.39, 0.29) is 24.7 Å². The van der Waals surface area contributed by atoms with E-state index in [1.807, 2.05) is 13.8 Å². The van der Waals surface area contributed by atoms with Crippen LogP contribution in [0.15, 0.2) is 0 Å². The molecule has 0 radical (unpaired) electrons. The van der Waals surface area contributed by atoms with Crippen molar-refractivity contribution in [3.05, 3.63) is 0 Å². The lowest BCUT2D eigenvalue weighted by Gasteiger charge is -2.28. The van der Waals surface area contributed by atoms with Crippen molar-refractivity contribution in [1.29, 1.82) is 0 Å². The highest BCUT2D eigenvalue weighted by atomic mass is 35.5. The summed E-state index contributed by atoms with van der Waals surface area (Å²) in [5.41, 5.74) is -2.38. The van der Waals surface area contributed by atoms with Crippen LogP contribution in [-0.2, 0) is 19.2 Å². The first-order chi connectivity index (χ1) is 14.1. The second kappa shape index (κ2) is 15.2. The molecule has 2 atom stereocenters. The topological polar surface area (TPSA) is 125 Å². The molecule has 0 heterocycles. The average molecular weight is 448 g/mol. The Hall–Kier alpha value is -1.67. The lowest BCUT2D eigenvalue weighted by atomic mass is 10.0. The Morgan fingerprint density at radius 1 is 0.967 bits per heavy atom. The molecule has 30 heavy (non-hydrogen) atoms. The number of carbonyl (C=O) groups excluding carboxylic acids is 4. The van der Waals surface area contributed by atoms with Gasteiger partial charge < -0.3 is 21.1 Å². The van der Waals surface area contributed by atoms with Crippen LogP contribution in [0.2, 0.25) is 0 Å². The Kier molecular flexibility index (Phi) is 14.3. The summed E-state index contributed by atoms with van der Waals surface area (Å²) in [4.78, 5) is 48.1. The number of hydrogen-bond acceptors (Lipinski definition) is 5. The molecular weight excluding hydrogens is 410 g/mol. The van der Waals surface area contributed by atoms with Crippen LogP contribution in [0.4, 0.5) is 0 Å². The number of rotatable bonds is 16. The number of unbranched alkanes of at least 4 members (excludes halogenated alkanes) is 5. The van der Waals surface area contributed by atoms with E-state index in [4.69, 9.17) is 11.6 Å². The summed E-state index contributed by atoms with van der Waals surface area (Å²) in [7, 11) is 1.42. The first kappa shape index (κ1) is 28.3. The van der Waals surface area contributed by atoms with Crippen molar-refractivity contribution in [3.63, 3.8) is 0 Å². The van der Waals surface area contributed by atoms with Crippen molar-refractivity contribution >= 4 is 34.6 Å². The van der Waals surface area contributed by atoms with Crippen molar-refractivity contribution in [2.75, 3.05) is 7.05 Å². The highest BCUT2D eigenvalue weighted by molar-refractivity contribution is 6.65. The van der Waals surface area contributed by atoms with Gasteiger partial charge in [-0.25, -0.2) is 0 Å². The van der Waals surface area contributed by atoms with E-state index in [0.717, 1.165) is 32.1 Å². The zero-order valence-electron chi connectivity index (χ0n) is 18.7. The van der Waals surface area contributed by atoms with Gasteiger partial charge in [0.1, 0.15) is 6.04 Å². The maximum Gasteiger partial charge on any atom is 0.274 e. The van der Waals surface area contributed by atoms with Crippen LogP contribution < -0.4 is 16.0 Å². The molecule has 0 aromatic carbocycles. The van der Waals surface area contributed by atoms with E-state index in [0.29, 0.717) is 12.8 Å². The van der Waals surface area contributed by atoms with E-state index in [1.54, 1.807) is 0 Å². The summed E-state index contributed by atoms with van der Waals surface area (Å²) in [6, 6.07) is -0.917. The van der Waals surface area contributed by atoms with Gasteiger partial charge in [-0.15, -0.1) is 0 Å². The van der Waals surface area contributed by atoms with Crippen LogP contribution in [0, 0.1) is 5.92 Å². The normalized spacial score (nSPS) is 14.0. The van der Waals surface area contributed by atoms with Crippen LogP contribution in [0.3, 0.4) is 0 Å². The van der Waals surface area contributed by atoms with Gasteiger partial charge in [0.15, 0.2) is 0 Å². The standard InChI is InChI=1S/C21H38ClN3O5/c1-5-6-7-8-9-10-11-18(27)24-16(14-15(2)3)19(28)25-21(30,20(22)29)13-12-17(26)23-4/h15-16,30H,5-14H2,1-4H3,(H,23,26)(H,24,27)(H,25,28)/t16-,21?/m0/s1. The van der Waals surface area contributed by atoms with Crippen LogP contribution >= 0.6 is 11.6 Å². The van der Waals surface area contributed by atoms with Gasteiger partial charge in [-0.2, -0.15) is 0 Å². The van der Waals surface area contributed by atoms with Gasteiger partial charge in [0.05, 0.1) is 0 Å². The van der Waals surface area contributed by atoms with Crippen molar-refractivity contribution in [2.45, 2.75) is 96.7 Å². The molecule has 8 nitrogen and oxygen atoms in total. The summed E-state index contributed by atoms with van der Waals surface area (Å²) >= 11 is 5.47. The predicted octanol–water partition coefficient (Wildman–Crippen LogP) is 2.36. The maximum absolute atomic E-state index is 12.7. The zero-order valence-corrected chi connectivity index (χ0v) is 19.4. The number of amides is 3. The average Bonchev–Trinajstić information content (AvgIpc) is 2.67. The summed E-state index contributed by atoms with van der Waals surface area (Å²) in [6.07, 6.45) is 6.32. The molecule has 0 bridgehead atoms. The van der Waals surface area contributed by atoms with Gasteiger partial charge in [0.2, 0.25) is 23.4 Å². The zero-order chi connectivity index (χ0) is 23.2. The minimum absolute atomic E-state index is 0.0840. The van der Waals surface area contributed by atoms with Crippen LogP contribution in [0.25, 0.3) is 0 Å². The Bertz CT molecular complexity index is 571. The molecule has 0 aliphatic rings. The van der Waals surface area contributed by atoms with Crippen molar-refractivity contribution in [3.8, 4) is 0 Å². The third-order valence-corrected chi connectivity index (χ3v) is 5.08. The molecule has 0 aliphatic carbocycles. The molecule has 0 fully saturated rings. The molecule has 0 spiro atoms. The molecule has 0 aromatic rings. The predicted molar refractivity (Wildman–Crippen MR) is 117 cm³/mol. The number of halogens is 1. The Morgan fingerprint density at radius 3 is 2.10 bits per heavy atom. The summed E-state index contributed by atoms with van der Waals surface area (Å²) in [6.45, 7) is 5.93. The molecule has 9 heteroatoms. The Balaban J connectivity index is 4.88. The third-order valence-electron chi connectivity index (χ3n) is 4.76. The highest BCUT2D eigenvalue weighted by Gasteiger charge is 2.38. The number of nitrogens with one attached hydrogen (secondary N) is 3. The lowest BCUT2D eigenvalue weighted by Crippen LogP contribution is -2.58. The molecule has 1 unspecified atom stereocenters. The maximum atomic E-state index is 12.7. The van der Waals surface area contributed by atoms with E-state index in [2.05, 4.69) is 22.9 Å². The molecular formula is C21H38ClN3O5. The van der Waals surface area contributed by atoms with E-state index >= 15 is 0 Å². The molecule has 0 saturated carbocycles. The molecule has 0 saturated heterocycles. The van der Waals surface area contributed by atoms with Crippen LogP contribution in [-0.4, -0.2) is 46.9 Å². The molecule has 3 amide bonds. The smallest absolute Gasteiger partial charge is 0.274 e.